The van der Waals surface area contributed by atoms with E-state index in [1.54, 1.807) is 31.0 Å². The monoisotopic (exact) mass is 437 g/mol. The Hall–Kier alpha value is -4.66. The van der Waals surface area contributed by atoms with Crippen LogP contribution in [0.2, 0.25) is 0 Å². The highest BCUT2D eigenvalue weighted by Gasteiger charge is 2.17. The van der Waals surface area contributed by atoms with Crippen LogP contribution < -0.4 is 0 Å². The number of hydrogen-bond acceptors (Lipinski definition) is 6. The molecule has 0 bridgehead atoms. The van der Waals surface area contributed by atoms with E-state index in [1.165, 1.54) is 12.1 Å². The van der Waals surface area contributed by atoms with Crippen molar-refractivity contribution in [3.8, 4) is 39.7 Å². The summed E-state index contributed by atoms with van der Waals surface area (Å²) in [5, 5.41) is 18.1. The van der Waals surface area contributed by atoms with Gasteiger partial charge in [-0.05, 0) is 42.3 Å². The SMILES string of the molecule is Cc1ccncc1-c1cc2c(-c3nc4c(-c5cc(O)cc(F)c5)cncc4[nH]3)n[nH]c2cn1. The van der Waals surface area contributed by atoms with Crippen molar-refractivity contribution in [2.75, 3.05) is 0 Å². The number of aromatic nitrogens is 7. The minimum atomic E-state index is -0.540. The molecule has 0 saturated carbocycles. The van der Waals surface area contributed by atoms with Crippen LogP contribution in [0.15, 0.2) is 61.3 Å². The number of aromatic hydroxyl groups is 1. The zero-order valence-corrected chi connectivity index (χ0v) is 17.3. The standard InChI is InChI=1S/C24H16FN7O/c1-12-2-3-26-8-17(12)19-7-16-20(11-28-19)31-32-23(16)24-29-21-10-27-9-18(22(21)30-24)13-4-14(25)6-15(33)5-13/h2-11,33H,1H3,(H,29,30)(H,31,32). The quantitative estimate of drug-likeness (QED) is 0.367. The van der Waals surface area contributed by atoms with Crippen LogP contribution in [0.25, 0.3) is 55.8 Å². The summed E-state index contributed by atoms with van der Waals surface area (Å²) in [5.74, 6) is -0.172. The van der Waals surface area contributed by atoms with Gasteiger partial charge in [0.05, 0.1) is 34.6 Å². The molecule has 0 atom stereocenters. The van der Waals surface area contributed by atoms with Gasteiger partial charge in [-0.3, -0.25) is 20.1 Å². The molecule has 6 aromatic rings. The number of phenolic OH excluding ortho intramolecular Hbond substituents is 1. The van der Waals surface area contributed by atoms with E-state index in [0.29, 0.717) is 33.7 Å². The number of benzene rings is 1. The molecular weight excluding hydrogens is 421 g/mol. The maximum atomic E-state index is 13.9. The second-order valence-electron chi connectivity index (χ2n) is 7.74. The van der Waals surface area contributed by atoms with E-state index in [9.17, 15) is 9.50 Å². The van der Waals surface area contributed by atoms with Crippen LogP contribution in [0.4, 0.5) is 4.39 Å². The molecule has 9 heteroatoms. The minimum Gasteiger partial charge on any atom is -0.508 e. The van der Waals surface area contributed by atoms with Gasteiger partial charge >= 0.3 is 0 Å². The first-order chi connectivity index (χ1) is 16.1. The van der Waals surface area contributed by atoms with Gasteiger partial charge < -0.3 is 10.1 Å². The minimum absolute atomic E-state index is 0.165. The van der Waals surface area contributed by atoms with E-state index < -0.39 is 5.82 Å². The molecule has 1 aromatic carbocycles. The number of imidazole rings is 1. The third-order valence-electron chi connectivity index (χ3n) is 5.57. The van der Waals surface area contributed by atoms with Gasteiger partial charge in [0.25, 0.3) is 0 Å². The first-order valence-electron chi connectivity index (χ1n) is 10.2. The van der Waals surface area contributed by atoms with Gasteiger partial charge in [-0.2, -0.15) is 5.10 Å². The lowest BCUT2D eigenvalue weighted by molar-refractivity contribution is 0.469. The number of fused-ring (bicyclic) bond motifs is 2. The molecule has 6 rings (SSSR count). The fourth-order valence-corrected chi connectivity index (χ4v) is 3.96. The molecular formula is C24H16FN7O. The van der Waals surface area contributed by atoms with Crippen molar-refractivity contribution < 1.29 is 9.50 Å². The van der Waals surface area contributed by atoms with E-state index in [-0.39, 0.29) is 5.75 Å². The summed E-state index contributed by atoms with van der Waals surface area (Å²) in [6, 6.07) is 7.76. The van der Waals surface area contributed by atoms with Gasteiger partial charge in [-0.25, -0.2) is 9.37 Å². The van der Waals surface area contributed by atoms with Crippen molar-refractivity contribution in [1.29, 1.82) is 0 Å². The summed E-state index contributed by atoms with van der Waals surface area (Å²) >= 11 is 0. The molecule has 8 nitrogen and oxygen atoms in total. The molecule has 0 amide bonds. The van der Waals surface area contributed by atoms with Crippen molar-refractivity contribution in [1.82, 2.24) is 35.1 Å². The number of aromatic amines is 2. The van der Waals surface area contributed by atoms with Crippen molar-refractivity contribution in [3.05, 3.63) is 72.7 Å². The second kappa shape index (κ2) is 7.20. The van der Waals surface area contributed by atoms with Crippen molar-refractivity contribution in [3.63, 3.8) is 0 Å². The number of rotatable bonds is 3. The zero-order chi connectivity index (χ0) is 22.5. The van der Waals surface area contributed by atoms with Gasteiger partial charge in [0.15, 0.2) is 5.82 Å². The lowest BCUT2D eigenvalue weighted by atomic mass is 10.1. The number of halogens is 1. The van der Waals surface area contributed by atoms with E-state index in [2.05, 4.69) is 30.1 Å². The highest BCUT2D eigenvalue weighted by molar-refractivity contribution is 5.97. The van der Waals surface area contributed by atoms with Gasteiger partial charge in [0.2, 0.25) is 0 Å². The lowest BCUT2D eigenvalue weighted by Crippen LogP contribution is -1.89. The lowest BCUT2D eigenvalue weighted by Gasteiger charge is -2.04. The number of H-pyrrole nitrogens is 2. The Morgan fingerprint density at radius 3 is 2.67 bits per heavy atom. The average Bonchev–Trinajstić information content (AvgIpc) is 3.42. The van der Waals surface area contributed by atoms with E-state index in [1.807, 2.05) is 19.1 Å². The normalized spacial score (nSPS) is 11.5. The smallest absolute Gasteiger partial charge is 0.159 e. The fourth-order valence-electron chi connectivity index (χ4n) is 3.96. The maximum absolute atomic E-state index is 13.9. The molecule has 0 spiro atoms. The van der Waals surface area contributed by atoms with Crippen LogP contribution in [0.1, 0.15) is 5.56 Å². The molecule has 5 aromatic heterocycles. The molecule has 33 heavy (non-hydrogen) atoms. The first kappa shape index (κ1) is 19.1. The van der Waals surface area contributed by atoms with Gasteiger partial charge in [0.1, 0.15) is 17.3 Å². The molecule has 0 aliphatic heterocycles. The number of nitrogens with one attached hydrogen (secondary N) is 2. The van der Waals surface area contributed by atoms with E-state index in [4.69, 9.17) is 4.98 Å². The third-order valence-corrected chi connectivity index (χ3v) is 5.57. The number of pyridine rings is 3. The van der Waals surface area contributed by atoms with Gasteiger partial charge in [-0.15, -0.1) is 0 Å². The Kier molecular flexibility index (Phi) is 4.16. The molecule has 0 fully saturated rings. The summed E-state index contributed by atoms with van der Waals surface area (Å²) in [4.78, 5) is 21.0. The van der Waals surface area contributed by atoms with Gasteiger partial charge in [-0.1, -0.05) is 0 Å². The Morgan fingerprint density at radius 1 is 0.939 bits per heavy atom. The van der Waals surface area contributed by atoms with Crippen LogP contribution in [0, 0.1) is 12.7 Å². The largest absolute Gasteiger partial charge is 0.508 e. The van der Waals surface area contributed by atoms with E-state index in [0.717, 1.165) is 33.8 Å². The summed E-state index contributed by atoms with van der Waals surface area (Å²) in [5.41, 5.74) is 6.52. The zero-order valence-electron chi connectivity index (χ0n) is 17.3. The molecule has 0 radical (unpaired) electrons. The van der Waals surface area contributed by atoms with Crippen molar-refractivity contribution in [2.45, 2.75) is 6.92 Å². The molecule has 0 saturated heterocycles. The van der Waals surface area contributed by atoms with Crippen LogP contribution in [0.5, 0.6) is 5.75 Å². The highest BCUT2D eigenvalue weighted by Crippen LogP contribution is 2.33. The highest BCUT2D eigenvalue weighted by atomic mass is 19.1. The van der Waals surface area contributed by atoms with Crippen LogP contribution in [0.3, 0.4) is 0 Å². The van der Waals surface area contributed by atoms with Crippen LogP contribution in [-0.4, -0.2) is 40.2 Å². The summed E-state index contributed by atoms with van der Waals surface area (Å²) in [6.45, 7) is 2.01. The number of nitrogens with zero attached hydrogens (tertiary/aromatic N) is 5. The van der Waals surface area contributed by atoms with Crippen LogP contribution >= 0.6 is 0 Å². The average molecular weight is 437 g/mol. The van der Waals surface area contributed by atoms with Crippen molar-refractivity contribution in [2.24, 2.45) is 0 Å². The Balaban J connectivity index is 1.52. The Morgan fingerprint density at radius 2 is 1.82 bits per heavy atom. The molecule has 0 unspecified atom stereocenters. The fraction of sp³-hybridized carbons (Fsp3) is 0.0417. The summed E-state index contributed by atoms with van der Waals surface area (Å²) in [7, 11) is 0. The molecule has 0 aliphatic carbocycles. The van der Waals surface area contributed by atoms with E-state index >= 15 is 0 Å². The second-order valence-corrected chi connectivity index (χ2v) is 7.74. The Labute approximate surface area is 186 Å². The molecule has 0 aliphatic rings. The number of phenols is 1. The number of hydrogen-bond donors (Lipinski definition) is 3. The predicted octanol–water partition coefficient (Wildman–Crippen LogP) is 4.78. The topological polar surface area (TPSA) is 116 Å². The maximum Gasteiger partial charge on any atom is 0.159 e. The Bertz CT molecular complexity index is 1650. The molecule has 5 heterocycles. The van der Waals surface area contributed by atoms with Gasteiger partial charge in [0, 0.05) is 41.2 Å². The predicted molar refractivity (Wildman–Crippen MR) is 122 cm³/mol. The van der Waals surface area contributed by atoms with Crippen molar-refractivity contribution >= 4 is 21.9 Å². The first-order valence-corrected chi connectivity index (χ1v) is 10.2. The van der Waals surface area contributed by atoms with Crippen LogP contribution in [-0.2, 0) is 0 Å². The number of aryl methyl sites for hydroxylation is 1. The summed E-state index contributed by atoms with van der Waals surface area (Å²) in [6.07, 6.45) is 8.51. The molecule has 160 valence electrons. The third kappa shape index (κ3) is 3.18. The summed E-state index contributed by atoms with van der Waals surface area (Å²) < 4.78 is 13.9. The molecule has 3 N–H and O–H groups in total.